The third-order valence-electron chi connectivity index (χ3n) is 3.79. The molecule has 2 N–H and O–H groups in total. The standard InChI is InChI=1S/C17H26N4O.HI/c1-3-16(22)21-11-10-15(13-21)20-17(18-4-2)19-12-14-8-6-5-7-9-14;/h5-9,15H,3-4,10-13H2,1-2H3,(H2,18,19,20);1H. The van der Waals surface area contributed by atoms with Crippen molar-refractivity contribution < 1.29 is 4.79 Å². The Morgan fingerprint density at radius 1 is 1.30 bits per heavy atom. The van der Waals surface area contributed by atoms with E-state index in [4.69, 9.17) is 0 Å². The maximum Gasteiger partial charge on any atom is 0.222 e. The lowest BCUT2D eigenvalue weighted by molar-refractivity contribution is -0.129. The number of nitrogens with one attached hydrogen (secondary N) is 2. The van der Waals surface area contributed by atoms with Crippen LogP contribution in [0.15, 0.2) is 35.3 Å². The Kier molecular flexibility index (Phi) is 8.98. The Bertz CT molecular complexity index is 507. The van der Waals surface area contributed by atoms with Gasteiger partial charge >= 0.3 is 0 Å². The molecule has 1 unspecified atom stereocenters. The monoisotopic (exact) mass is 430 g/mol. The SMILES string of the molecule is CCNC(=NCc1ccccc1)NC1CCN(C(=O)CC)C1.I. The number of nitrogens with zero attached hydrogens (tertiary/aromatic N) is 2. The summed E-state index contributed by atoms with van der Waals surface area (Å²) in [5.74, 6) is 1.05. The first-order chi connectivity index (χ1) is 10.7. The minimum atomic E-state index is 0. The van der Waals surface area contributed by atoms with Gasteiger partial charge in [-0.15, -0.1) is 24.0 Å². The van der Waals surface area contributed by atoms with Crippen molar-refractivity contribution >= 4 is 35.8 Å². The molecule has 1 heterocycles. The van der Waals surface area contributed by atoms with Gasteiger partial charge in [0.15, 0.2) is 5.96 Å². The zero-order valence-corrected chi connectivity index (χ0v) is 16.2. The zero-order chi connectivity index (χ0) is 15.8. The number of halogens is 1. The molecule has 23 heavy (non-hydrogen) atoms. The van der Waals surface area contributed by atoms with Crippen molar-refractivity contribution in [1.82, 2.24) is 15.5 Å². The Morgan fingerprint density at radius 3 is 2.70 bits per heavy atom. The van der Waals surface area contributed by atoms with Crippen molar-refractivity contribution in [1.29, 1.82) is 0 Å². The third kappa shape index (κ3) is 6.37. The van der Waals surface area contributed by atoms with E-state index >= 15 is 0 Å². The van der Waals surface area contributed by atoms with Crippen LogP contribution in [0.3, 0.4) is 0 Å². The lowest BCUT2D eigenvalue weighted by atomic mass is 10.2. The molecule has 1 aromatic rings. The third-order valence-corrected chi connectivity index (χ3v) is 3.79. The number of hydrogen-bond acceptors (Lipinski definition) is 2. The van der Waals surface area contributed by atoms with Crippen LogP contribution in [0.5, 0.6) is 0 Å². The van der Waals surface area contributed by atoms with Gasteiger partial charge < -0.3 is 15.5 Å². The van der Waals surface area contributed by atoms with Gasteiger partial charge in [0.1, 0.15) is 0 Å². The molecule has 0 spiro atoms. The van der Waals surface area contributed by atoms with Gasteiger partial charge in [-0.05, 0) is 18.9 Å². The Hall–Kier alpha value is -1.31. The van der Waals surface area contributed by atoms with E-state index in [9.17, 15) is 4.79 Å². The van der Waals surface area contributed by atoms with Crippen molar-refractivity contribution in [2.75, 3.05) is 19.6 Å². The molecule has 1 aromatic carbocycles. The number of benzene rings is 1. The summed E-state index contributed by atoms with van der Waals surface area (Å²) < 4.78 is 0. The summed E-state index contributed by atoms with van der Waals surface area (Å²) in [5.41, 5.74) is 1.19. The fourth-order valence-electron chi connectivity index (χ4n) is 2.60. The number of aliphatic imine (C=N–C) groups is 1. The van der Waals surface area contributed by atoms with Crippen molar-refractivity contribution in [3.05, 3.63) is 35.9 Å². The highest BCUT2D eigenvalue weighted by Gasteiger charge is 2.25. The predicted molar refractivity (Wildman–Crippen MR) is 105 cm³/mol. The van der Waals surface area contributed by atoms with Gasteiger partial charge in [0.25, 0.3) is 0 Å². The summed E-state index contributed by atoms with van der Waals surface area (Å²) in [6, 6.07) is 10.5. The molecule has 1 aliphatic rings. The van der Waals surface area contributed by atoms with Crippen LogP contribution in [-0.4, -0.2) is 42.4 Å². The molecule has 128 valence electrons. The first kappa shape index (κ1) is 19.7. The molecule has 1 aliphatic heterocycles. The lowest BCUT2D eigenvalue weighted by Gasteiger charge is -2.18. The molecule has 1 amide bonds. The molecule has 0 radical (unpaired) electrons. The average molecular weight is 430 g/mol. The highest BCUT2D eigenvalue weighted by Crippen LogP contribution is 2.10. The number of likely N-dealkylation sites (tertiary alicyclic amines) is 1. The molecule has 1 atom stereocenters. The van der Waals surface area contributed by atoms with E-state index in [1.807, 2.05) is 30.0 Å². The number of rotatable bonds is 5. The largest absolute Gasteiger partial charge is 0.357 e. The van der Waals surface area contributed by atoms with E-state index < -0.39 is 0 Å². The summed E-state index contributed by atoms with van der Waals surface area (Å²) in [6.45, 7) is 7.05. The second-order valence-corrected chi connectivity index (χ2v) is 5.50. The number of carbonyl (C=O) groups is 1. The maximum atomic E-state index is 11.7. The number of hydrogen-bond donors (Lipinski definition) is 2. The smallest absolute Gasteiger partial charge is 0.222 e. The van der Waals surface area contributed by atoms with Crippen LogP contribution in [0.1, 0.15) is 32.3 Å². The Balaban J connectivity index is 0.00000264. The van der Waals surface area contributed by atoms with Gasteiger partial charge in [-0.1, -0.05) is 37.3 Å². The first-order valence-corrected chi connectivity index (χ1v) is 8.09. The van der Waals surface area contributed by atoms with E-state index in [-0.39, 0.29) is 35.9 Å². The van der Waals surface area contributed by atoms with E-state index in [0.29, 0.717) is 13.0 Å². The molecule has 2 rings (SSSR count). The summed E-state index contributed by atoms with van der Waals surface area (Å²) in [6.07, 6.45) is 1.55. The topological polar surface area (TPSA) is 56.7 Å². The van der Waals surface area contributed by atoms with Crippen LogP contribution in [0.2, 0.25) is 0 Å². The van der Waals surface area contributed by atoms with Gasteiger partial charge in [0, 0.05) is 32.1 Å². The molecular weight excluding hydrogens is 403 g/mol. The molecule has 5 nitrogen and oxygen atoms in total. The molecular formula is C17H27IN4O. The van der Waals surface area contributed by atoms with Crippen LogP contribution >= 0.6 is 24.0 Å². The van der Waals surface area contributed by atoms with Crippen molar-refractivity contribution in [3.63, 3.8) is 0 Å². The number of guanidine groups is 1. The molecule has 0 aliphatic carbocycles. The van der Waals surface area contributed by atoms with E-state index in [2.05, 4.69) is 34.7 Å². The lowest BCUT2D eigenvalue weighted by Crippen LogP contribution is -2.45. The Morgan fingerprint density at radius 2 is 2.04 bits per heavy atom. The average Bonchev–Trinajstić information content (AvgIpc) is 3.01. The van der Waals surface area contributed by atoms with Crippen molar-refractivity contribution in [3.8, 4) is 0 Å². The summed E-state index contributed by atoms with van der Waals surface area (Å²) in [4.78, 5) is 18.3. The normalized spacial score (nSPS) is 17.6. The summed E-state index contributed by atoms with van der Waals surface area (Å²) in [5, 5.41) is 6.71. The van der Waals surface area contributed by atoms with Crippen molar-refractivity contribution in [2.45, 2.75) is 39.3 Å². The molecule has 0 saturated carbocycles. The summed E-state index contributed by atoms with van der Waals surface area (Å²) >= 11 is 0. The van der Waals surface area contributed by atoms with Gasteiger partial charge in [-0.25, -0.2) is 4.99 Å². The van der Waals surface area contributed by atoms with Gasteiger partial charge in [-0.2, -0.15) is 0 Å². The maximum absolute atomic E-state index is 11.7. The van der Waals surface area contributed by atoms with E-state index in [0.717, 1.165) is 32.0 Å². The molecule has 1 saturated heterocycles. The molecule has 0 aromatic heterocycles. The predicted octanol–water partition coefficient (Wildman–Crippen LogP) is 2.37. The quantitative estimate of drug-likeness (QED) is 0.429. The fourth-order valence-corrected chi connectivity index (χ4v) is 2.60. The van der Waals surface area contributed by atoms with Crippen LogP contribution in [0.25, 0.3) is 0 Å². The van der Waals surface area contributed by atoms with Crippen LogP contribution in [0.4, 0.5) is 0 Å². The van der Waals surface area contributed by atoms with Crippen LogP contribution in [-0.2, 0) is 11.3 Å². The number of carbonyl (C=O) groups excluding carboxylic acids is 1. The minimum absolute atomic E-state index is 0. The molecule has 1 fully saturated rings. The van der Waals surface area contributed by atoms with E-state index in [1.54, 1.807) is 0 Å². The number of amides is 1. The zero-order valence-electron chi connectivity index (χ0n) is 13.9. The second kappa shape index (κ2) is 10.5. The van der Waals surface area contributed by atoms with Crippen LogP contribution < -0.4 is 10.6 Å². The van der Waals surface area contributed by atoms with E-state index in [1.165, 1.54) is 5.56 Å². The Labute approximate surface area is 156 Å². The highest BCUT2D eigenvalue weighted by molar-refractivity contribution is 14.0. The summed E-state index contributed by atoms with van der Waals surface area (Å²) in [7, 11) is 0. The first-order valence-electron chi connectivity index (χ1n) is 8.09. The van der Waals surface area contributed by atoms with Gasteiger partial charge in [-0.3, -0.25) is 4.79 Å². The molecule has 0 bridgehead atoms. The molecule has 6 heteroatoms. The van der Waals surface area contributed by atoms with Crippen molar-refractivity contribution in [2.24, 2.45) is 4.99 Å². The minimum Gasteiger partial charge on any atom is -0.357 e. The fraction of sp³-hybridized carbons (Fsp3) is 0.529. The van der Waals surface area contributed by atoms with Gasteiger partial charge in [0.05, 0.1) is 6.54 Å². The van der Waals surface area contributed by atoms with Gasteiger partial charge in [0.2, 0.25) is 5.91 Å². The van der Waals surface area contributed by atoms with Crippen LogP contribution in [0, 0.1) is 0 Å². The second-order valence-electron chi connectivity index (χ2n) is 5.50. The highest BCUT2D eigenvalue weighted by atomic mass is 127.